The molecule has 1 atom stereocenters. The first-order valence-electron chi connectivity index (χ1n) is 7.28. The highest BCUT2D eigenvalue weighted by atomic mass is 16.5. The van der Waals surface area contributed by atoms with Crippen molar-refractivity contribution in [3.63, 3.8) is 0 Å². The second-order valence-corrected chi connectivity index (χ2v) is 5.88. The van der Waals surface area contributed by atoms with Gasteiger partial charge < -0.3 is 15.4 Å². The average Bonchev–Trinajstić information content (AvgIpc) is 2.43. The smallest absolute Gasteiger partial charge is 0.234 e. The Morgan fingerprint density at radius 1 is 1.37 bits per heavy atom. The van der Waals surface area contributed by atoms with Crippen LogP contribution in [0, 0.1) is 0 Å². The van der Waals surface area contributed by atoms with Crippen LogP contribution in [0.3, 0.4) is 0 Å². The van der Waals surface area contributed by atoms with Gasteiger partial charge in [0.15, 0.2) is 0 Å². The van der Waals surface area contributed by atoms with Crippen LogP contribution in [0.15, 0.2) is 0 Å². The molecule has 0 aromatic carbocycles. The topological polar surface area (TPSA) is 53.6 Å². The van der Waals surface area contributed by atoms with Crippen LogP contribution in [0.1, 0.15) is 34.1 Å². The van der Waals surface area contributed by atoms with Crippen molar-refractivity contribution in [1.29, 1.82) is 0 Å². The lowest BCUT2D eigenvalue weighted by molar-refractivity contribution is -0.121. The summed E-state index contributed by atoms with van der Waals surface area (Å²) in [5, 5.41) is 6.22. The van der Waals surface area contributed by atoms with Gasteiger partial charge in [0, 0.05) is 31.2 Å². The summed E-state index contributed by atoms with van der Waals surface area (Å²) in [5.41, 5.74) is -0.0180. The minimum atomic E-state index is -0.0180. The Morgan fingerprint density at radius 3 is 2.58 bits per heavy atom. The van der Waals surface area contributed by atoms with Crippen molar-refractivity contribution in [2.75, 3.05) is 39.4 Å². The SMILES string of the molecule is CCC(C)NCC(=O)NCC(C)(C)N1CCOCC1. The van der Waals surface area contributed by atoms with Gasteiger partial charge in [-0.2, -0.15) is 0 Å². The van der Waals surface area contributed by atoms with E-state index in [1.54, 1.807) is 0 Å². The number of hydrogen-bond acceptors (Lipinski definition) is 4. The summed E-state index contributed by atoms with van der Waals surface area (Å²) in [6.45, 7) is 13.0. The Kier molecular flexibility index (Phi) is 6.75. The molecule has 1 saturated heterocycles. The van der Waals surface area contributed by atoms with Crippen LogP contribution in [-0.4, -0.2) is 61.8 Å². The van der Waals surface area contributed by atoms with E-state index >= 15 is 0 Å². The Balaban J connectivity index is 2.27. The molecule has 19 heavy (non-hydrogen) atoms. The van der Waals surface area contributed by atoms with Gasteiger partial charge >= 0.3 is 0 Å². The lowest BCUT2D eigenvalue weighted by atomic mass is 10.0. The molecule has 112 valence electrons. The van der Waals surface area contributed by atoms with Crippen molar-refractivity contribution in [1.82, 2.24) is 15.5 Å². The summed E-state index contributed by atoms with van der Waals surface area (Å²) in [6.07, 6.45) is 1.03. The van der Waals surface area contributed by atoms with Gasteiger partial charge in [0.2, 0.25) is 5.91 Å². The highest BCUT2D eigenvalue weighted by Crippen LogP contribution is 2.14. The standard InChI is InChI=1S/C14H29N3O2/c1-5-12(2)15-10-13(18)16-11-14(3,4)17-6-8-19-9-7-17/h12,15H,5-11H2,1-4H3,(H,16,18). The molecule has 0 bridgehead atoms. The van der Waals surface area contributed by atoms with E-state index in [4.69, 9.17) is 4.74 Å². The summed E-state index contributed by atoms with van der Waals surface area (Å²) in [4.78, 5) is 14.1. The number of amides is 1. The van der Waals surface area contributed by atoms with Crippen LogP contribution < -0.4 is 10.6 Å². The molecule has 1 aliphatic rings. The second kappa shape index (κ2) is 7.82. The quantitative estimate of drug-likeness (QED) is 0.712. The van der Waals surface area contributed by atoms with Gasteiger partial charge in [-0.3, -0.25) is 9.69 Å². The highest BCUT2D eigenvalue weighted by molar-refractivity contribution is 5.78. The second-order valence-electron chi connectivity index (χ2n) is 5.88. The molecule has 0 radical (unpaired) electrons. The zero-order chi connectivity index (χ0) is 14.3. The van der Waals surface area contributed by atoms with E-state index < -0.39 is 0 Å². The maximum absolute atomic E-state index is 11.8. The molecule has 1 rings (SSSR count). The molecule has 0 aromatic heterocycles. The molecule has 0 saturated carbocycles. The number of nitrogens with zero attached hydrogens (tertiary/aromatic N) is 1. The Bertz CT molecular complexity index is 276. The Hall–Kier alpha value is -0.650. The van der Waals surface area contributed by atoms with E-state index in [-0.39, 0.29) is 11.4 Å². The molecule has 0 spiro atoms. The minimum absolute atomic E-state index is 0.0180. The van der Waals surface area contributed by atoms with Gasteiger partial charge in [0.1, 0.15) is 0 Å². The summed E-state index contributed by atoms with van der Waals surface area (Å²) >= 11 is 0. The monoisotopic (exact) mass is 271 g/mol. The van der Waals surface area contributed by atoms with Crippen molar-refractivity contribution in [3.05, 3.63) is 0 Å². The Labute approximate surface area is 117 Å². The van der Waals surface area contributed by atoms with Crippen molar-refractivity contribution in [2.24, 2.45) is 0 Å². The van der Waals surface area contributed by atoms with Crippen molar-refractivity contribution < 1.29 is 9.53 Å². The van der Waals surface area contributed by atoms with E-state index in [1.165, 1.54) is 0 Å². The number of carbonyl (C=O) groups is 1. The van der Waals surface area contributed by atoms with Crippen LogP contribution in [-0.2, 0) is 9.53 Å². The molecule has 1 aliphatic heterocycles. The first-order chi connectivity index (χ1) is 8.95. The summed E-state index contributed by atoms with van der Waals surface area (Å²) in [7, 11) is 0. The zero-order valence-electron chi connectivity index (χ0n) is 12.8. The van der Waals surface area contributed by atoms with E-state index in [1.807, 2.05) is 0 Å². The van der Waals surface area contributed by atoms with Gasteiger partial charge in [-0.1, -0.05) is 6.92 Å². The van der Waals surface area contributed by atoms with Crippen LogP contribution >= 0.6 is 0 Å². The van der Waals surface area contributed by atoms with E-state index in [2.05, 4.69) is 43.2 Å². The van der Waals surface area contributed by atoms with Crippen molar-refractivity contribution in [2.45, 2.75) is 45.7 Å². The van der Waals surface area contributed by atoms with Gasteiger partial charge in [0.25, 0.3) is 0 Å². The summed E-state index contributed by atoms with van der Waals surface area (Å²) in [6, 6.07) is 0.387. The number of ether oxygens (including phenoxy) is 1. The highest BCUT2D eigenvalue weighted by Gasteiger charge is 2.28. The third-order valence-corrected chi connectivity index (χ3v) is 3.81. The van der Waals surface area contributed by atoms with Crippen molar-refractivity contribution >= 4 is 5.91 Å². The molecule has 2 N–H and O–H groups in total. The first-order valence-corrected chi connectivity index (χ1v) is 7.28. The van der Waals surface area contributed by atoms with E-state index in [0.29, 0.717) is 19.1 Å². The molecular weight excluding hydrogens is 242 g/mol. The predicted molar refractivity (Wildman–Crippen MR) is 77.2 cm³/mol. The van der Waals surface area contributed by atoms with Gasteiger partial charge in [-0.25, -0.2) is 0 Å². The molecule has 5 nitrogen and oxygen atoms in total. The zero-order valence-corrected chi connectivity index (χ0v) is 12.8. The fraction of sp³-hybridized carbons (Fsp3) is 0.929. The summed E-state index contributed by atoms with van der Waals surface area (Å²) < 4.78 is 5.36. The number of nitrogens with one attached hydrogen (secondary N) is 2. The molecule has 0 aromatic rings. The average molecular weight is 271 g/mol. The minimum Gasteiger partial charge on any atom is -0.379 e. The van der Waals surface area contributed by atoms with Crippen LogP contribution in [0.4, 0.5) is 0 Å². The van der Waals surface area contributed by atoms with E-state index in [0.717, 1.165) is 32.7 Å². The van der Waals surface area contributed by atoms with Gasteiger partial charge in [-0.05, 0) is 27.2 Å². The molecule has 1 amide bonds. The maximum Gasteiger partial charge on any atom is 0.234 e. The molecule has 1 fully saturated rings. The Morgan fingerprint density at radius 2 is 2.00 bits per heavy atom. The fourth-order valence-electron chi connectivity index (χ4n) is 2.07. The molecule has 1 heterocycles. The van der Waals surface area contributed by atoms with E-state index in [9.17, 15) is 4.79 Å². The molecule has 1 unspecified atom stereocenters. The third-order valence-electron chi connectivity index (χ3n) is 3.81. The fourth-order valence-corrected chi connectivity index (χ4v) is 2.07. The number of rotatable bonds is 7. The third kappa shape index (κ3) is 5.89. The normalized spacial score (nSPS) is 19.2. The molecule has 0 aliphatic carbocycles. The van der Waals surface area contributed by atoms with Gasteiger partial charge in [0.05, 0.1) is 19.8 Å². The van der Waals surface area contributed by atoms with Crippen LogP contribution in [0.25, 0.3) is 0 Å². The number of carbonyl (C=O) groups excluding carboxylic acids is 1. The van der Waals surface area contributed by atoms with Crippen LogP contribution in [0.2, 0.25) is 0 Å². The number of morpholine rings is 1. The lowest BCUT2D eigenvalue weighted by Gasteiger charge is -2.40. The first kappa shape index (κ1) is 16.4. The van der Waals surface area contributed by atoms with Gasteiger partial charge in [-0.15, -0.1) is 0 Å². The van der Waals surface area contributed by atoms with Crippen LogP contribution in [0.5, 0.6) is 0 Å². The predicted octanol–water partition coefficient (Wildman–Crippen LogP) is 0.602. The van der Waals surface area contributed by atoms with Crippen molar-refractivity contribution in [3.8, 4) is 0 Å². The molecular formula is C14H29N3O2. The lowest BCUT2D eigenvalue weighted by Crippen LogP contribution is -2.56. The maximum atomic E-state index is 11.8. The molecule has 5 heteroatoms. The largest absolute Gasteiger partial charge is 0.379 e. The summed E-state index contributed by atoms with van der Waals surface area (Å²) in [5.74, 6) is 0.0710. The number of hydrogen-bond donors (Lipinski definition) is 2.